The predicted molar refractivity (Wildman–Crippen MR) is 136 cm³/mol. The summed E-state index contributed by atoms with van der Waals surface area (Å²) >= 11 is 3.24. The Morgan fingerprint density at radius 3 is 2.44 bits per heavy atom. The van der Waals surface area contributed by atoms with Gasteiger partial charge in [-0.1, -0.05) is 46.3 Å². The lowest BCUT2D eigenvalue weighted by atomic mass is 10.0. The minimum Gasteiger partial charge on any atom is -0.475 e. The molecule has 0 aliphatic carbocycles. The monoisotopic (exact) mass is 562 g/mol. The third-order valence-corrected chi connectivity index (χ3v) is 6.75. The molecule has 0 aromatic heterocycles. The summed E-state index contributed by atoms with van der Waals surface area (Å²) in [6.07, 6.45) is -0.631. The number of nitrogens with zero attached hydrogens (tertiary/aromatic N) is 2. The van der Waals surface area contributed by atoms with Gasteiger partial charge in [-0.2, -0.15) is 0 Å². The predicted octanol–water partition coefficient (Wildman–Crippen LogP) is 5.16. The van der Waals surface area contributed by atoms with Crippen LogP contribution >= 0.6 is 15.9 Å². The van der Waals surface area contributed by atoms with Gasteiger partial charge in [0, 0.05) is 23.6 Å². The maximum Gasteiger partial charge on any atom is 0.410 e. The highest BCUT2D eigenvalue weighted by atomic mass is 79.9. The second-order valence-corrected chi connectivity index (χ2v) is 11.1. The highest BCUT2D eigenvalue weighted by molar-refractivity contribution is 9.10. The van der Waals surface area contributed by atoms with Crippen LogP contribution in [0.15, 0.2) is 53.0 Å². The van der Waals surface area contributed by atoms with Crippen molar-refractivity contribution in [2.24, 2.45) is 0 Å². The molecule has 2 unspecified atom stereocenters. The Balaban J connectivity index is 1.45. The Labute approximate surface area is 219 Å². The van der Waals surface area contributed by atoms with Crippen LogP contribution in [0.3, 0.4) is 0 Å². The number of amides is 2. The molecule has 2 fully saturated rings. The average molecular weight is 563 g/mol. The third kappa shape index (κ3) is 6.56. The number of benzene rings is 2. The first-order valence-corrected chi connectivity index (χ1v) is 13.0. The van der Waals surface area contributed by atoms with E-state index in [0.717, 1.165) is 5.56 Å². The van der Waals surface area contributed by atoms with Crippen LogP contribution in [-0.2, 0) is 20.9 Å². The van der Waals surface area contributed by atoms with Crippen LogP contribution in [-0.4, -0.2) is 65.3 Å². The van der Waals surface area contributed by atoms with Crippen molar-refractivity contribution in [1.82, 2.24) is 9.80 Å². The van der Waals surface area contributed by atoms with E-state index in [0.29, 0.717) is 43.6 Å². The Morgan fingerprint density at radius 1 is 1.11 bits per heavy atom. The number of ether oxygens (including phenoxy) is 3. The van der Waals surface area contributed by atoms with E-state index in [1.165, 1.54) is 12.1 Å². The van der Waals surface area contributed by atoms with Crippen LogP contribution < -0.4 is 4.74 Å². The van der Waals surface area contributed by atoms with Gasteiger partial charge in [0.15, 0.2) is 11.6 Å². The first kappa shape index (κ1) is 26.4. The Kier molecular flexibility index (Phi) is 8.20. The molecule has 2 heterocycles. The molecule has 4 rings (SSSR count). The Bertz CT molecular complexity index is 1070. The number of rotatable bonds is 6. The molecule has 2 aliphatic rings. The van der Waals surface area contributed by atoms with E-state index in [2.05, 4.69) is 15.9 Å². The maximum atomic E-state index is 14.5. The van der Waals surface area contributed by atoms with Gasteiger partial charge in [-0.25, -0.2) is 9.18 Å². The smallest absolute Gasteiger partial charge is 0.410 e. The van der Waals surface area contributed by atoms with E-state index in [1.807, 2.05) is 51.1 Å². The Morgan fingerprint density at radius 2 is 1.81 bits per heavy atom. The zero-order valence-corrected chi connectivity index (χ0v) is 22.4. The summed E-state index contributed by atoms with van der Waals surface area (Å²) in [5.41, 5.74) is 0.414. The molecule has 2 amide bonds. The number of hydrogen-bond acceptors (Lipinski definition) is 5. The van der Waals surface area contributed by atoms with Gasteiger partial charge in [0.25, 0.3) is 5.91 Å². The van der Waals surface area contributed by atoms with Crippen molar-refractivity contribution < 1.29 is 28.2 Å². The van der Waals surface area contributed by atoms with E-state index < -0.39 is 23.6 Å². The van der Waals surface area contributed by atoms with Crippen LogP contribution in [0.1, 0.15) is 39.2 Å². The third-order valence-electron chi connectivity index (χ3n) is 6.25. The molecule has 0 radical (unpaired) electrons. The van der Waals surface area contributed by atoms with Crippen LogP contribution in [0.4, 0.5) is 9.18 Å². The highest BCUT2D eigenvalue weighted by Gasteiger charge is 2.46. The van der Waals surface area contributed by atoms with Gasteiger partial charge in [0.1, 0.15) is 11.7 Å². The largest absolute Gasteiger partial charge is 0.475 e. The molecule has 9 heteroatoms. The molecule has 7 nitrogen and oxygen atoms in total. The average Bonchev–Trinajstić information content (AvgIpc) is 3.14. The number of hydrogen-bond donors (Lipinski definition) is 0. The summed E-state index contributed by atoms with van der Waals surface area (Å²) in [4.78, 5) is 29.4. The number of likely N-dealkylation sites (tertiary alicyclic amines) is 2. The molecular weight excluding hydrogens is 531 g/mol. The van der Waals surface area contributed by atoms with E-state index >= 15 is 0 Å². The first-order chi connectivity index (χ1) is 17.1. The minimum absolute atomic E-state index is 0.00598. The van der Waals surface area contributed by atoms with Crippen molar-refractivity contribution in [3.05, 3.63) is 64.4 Å². The molecular formula is C27H32BrFN2O5. The summed E-state index contributed by atoms with van der Waals surface area (Å²) < 4.78 is 32.6. The van der Waals surface area contributed by atoms with Crippen molar-refractivity contribution >= 4 is 27.9 Å². The summed E-state index contributed by atoms with van der Waals surface area (Å²) in [6, 6.07) is 14.1. The van der Waals surface area contributed by atoms with Crippen molar-refractivity contribution in [3.63, 3.8) is 0 Å². The molecule has 0 bridgehead atoms. The summed E-state index contributed by atoms with van der Waals surface area (Å²) in [5.74, 6) is -0.777. The van der Waals surface area contributed by atoms with Crippen molar-refractivity contribution in [2.75, 3.05) is 19.6 Å². The zero-order chi connectivity index (χ0) is 25.9. The molecule has 0 spiro atoms. The minimum atomic E-state index is -0.965. The van der Waals surface area contributed by atoms with Crippen molar-refractivity contribution in [3.8, 4) is 5.75 Å². The van der Waals surface area contributed by atoms with Crippen LogP contribution in [0.25, 0.3) is 0 Å². The zero-order valence-electron chi connectivity index (χ0n) is 20.8. The maximum absolute atomic E-state index is 14.5. The number of piperidine rings is 1. The standard InChI is InChI=1S/C27H32BrFN2O5/c1-27(2,3)36-26(33)30-13-11-20(12-14-30)31-16-23(34-17-18-7-5-4-6-8-18)24(25(31)32)35-22-10-9-19(28)15-21(22)29/h4-10,15,20,23-24H,11-14,16-17H2,1-3H3. The molecule has 2 aromatic carbocycles. The van der Waals surface area contributed by atoms with E-state index in [-0.39, 0.29) is 23.8 Å². The highest BCUT2D eigenvalue weighted by Crippen LogP contribution is 2.30. The van der Waals surface area contributed by atoms with E-state index in [4.69, 9.17) is 14.2 Å². The summed E-state index contributed by atoms with van der Waals surface area (Å²) in [5, 5.41) is 0. The molecule has 2 aliphatic heterocycles. The van der Waals surface area contributed by atoms with Gasteiger partial charge >= 0.3 is 6.09 Å². The molecule has 2 atom stereocenters. The van der Waals surface area contributed by atoms with Gasteiger partial charge in [-0.05, 0) is 57.4 Å². The lowest BCUT2D eigenvalue weighted by Gasteiger charge is -2.37. The number of carbonyl (C=O) groups excluding carboxylic acids is 2. The van der Waals surface area contributed by atoms with E-state index in [1.54, 1.807) is 15.9 Å². The Hall–Kier alpha value is -2.65. The van der Waals surface area contributed by atoms with Gasteiger partial charge in [0.05, 0.1) is 13.2 Å². The lowest BCUT2D eigenvalue weighted by molar-refractivity contribution is -0.137. The lowest BCUT2D eigenvalue weighted by Crippen LogP contribution is -2.49. The van der Waals surface area contributed by atoms with Crippen molar-refractivity contribution in [1.29, 1.82) is 0 Å². The summed E-state index contributed by atoms with van der Waals surface area (Å²) in [6.45, 7) is 7.15. The fourth-order valence-corrected chi connectivity index (χ4v) is 4.80. The van der Waals surface area contributed by atoms with E-state index in [9.17, 15) is 14.0 Å². The molecule has 2 aromatic rings. The molecule has 194 valence electrons. The normalized spacial score (nSPS) is 21.1. The van der Waals surface area contributed by atoms with Crippen molar-refractivity contribution in [2.45, 2.75) is 64.1 Å². The second-order valence-electron chi connectivity index (χ2n) is 10.1. The second kappa shape index (κ2) is 11.2. The fraction of sp³-hybridized carbons (Fsp3) is 0.481. The van der Waals surface area contributed by atoms with Gasteiger partial charge in [0.2, 0.25) is 6.10 Å². The topological polar surface area (TPSA) is 68.3 Å². The fourth-order valence-electron chi connectivity index (χ4n) is 4.47. The van der Waals surface area contributed by atoms with Crippen LogP contribution in [0.5, 0.6) is 5.75 Å². The SMILES string of the molecule is CC(C)(C)OC(=O)N1CCC(N2CC(OCc3ccccc3)C(Oc3ccc(Br)cc3F)C2=O)CC1. The van der Waals surface area contributed by atoms with Crippen LogP contribution in [0.2, 0.25) is 0 Å². The van der Waals surface area contributed by atoms with Gasteiger partial charge in [-0.3, -0.25) is 4.79 Å². The molecule has 0 N–H and O–H groups in total. The van der Waals surface area contributed by atoms with Gasteiger partial charge < -0.3 is 24.0 Å². The quantitative estimate of drug-likeness (QED) is 0.486. The van der Waals surface area contributed by atoms with Crippen LogP contribution in [0, 0.1) is 5.82 Å². The molecule has 2 saturated heterocycles. The summed E-state index contributed by atoms with van der Waals surface area (Å²) in [7, 11) is 0. The molecule has 0 saturated carbocycles. The number of halogens is 2. The molecule has 36 heavy (non-hydrogen) atoms. The van der Waals surface area contributed by atoms with Gasteiger partial charge in [-0.15, -0.1) is 0 Å². The number of carbonyl (C=O) groups is 2. The first-order valence-electron chi connectivity index (χ1n) is 12.2.